The van der Waals surface area contributed by atoms with Gasteiger partial charge in [-0.1, -0.05) is 27.5 Å². The second-order valence-corrected chi connectivity index (χ2v) is 4.48. The van der Waals surface area contributed by atoms with E-state index in [2.05, 4.69) is 20.9 Å². The van der Waals surface area contributed by atoms with Crippen molar-refractivity contribution < 1.29 is 4.74 Å². The number of aromatic nitrogens is 1. The number of ether oxygens (including phenoxy) is 1. The molecular formula is C11H9BrClNO. The topological polar surface area (TPSA) is 22.1 Å². The Balaban J connectivity index is 2.93. The maximum absolute atomic E-state index is 5.92. The summed E-state index contributed by atoms with van der Waals surface area (Å²) in [5, 5.41) is 1.52. The van der Waals surface area contributed by atoms with Gasteiger partial charge in [-0.2, -0.15) is 0 Å². The van der Waals surface area contributed by atoms with Crippen molar-refractivity contribution in [1.29, 1.82) is 0 Å². The van der Waals surface area contributed by atoms with E-state index in [1.807, 2.05) is 25.1 Å². The van der Waals surface area contributed by atoms with Gasteiger partial charge in [0.2, 0.25) is 0 Å². The average molecular weight is 287 g/mol. The van der Waals surface area contributed by atoms with Crippen molar-refractivity contribution in [3.05, 3.63) is 33.4 Å². The van der Waals surface area contributed by atoms with Crippen molar-refractivity contribution >= 4 is 38.4 Å². The second kappa shape index (κ2) is 3.99. The maximum atomic E-state index is 5.92. The first-order valence-electron chi connectivity index (χ1n) is 4.43. The molecule has 0 saturated heterocycles. The van der Waals surface area contributed by atoms with Gasteiger partial charge in [-0.15, -0.1) is 0 Å². The van der Waals surface area contributed by atoms with Crippen LogP contribution in [-0.4, -0.2) is 12.1 Å². The van der Waals surface area contributed by atoms with Gasteiger partial charge in [0.1, 0.15) is 16.4 Å². The molecule has 0 aliphatic carbocycles. The molecule has 2 rings (SSSR count). The van der Waals surface area contributed by atoms with Crippen LogP contribution >= 0.6 is 27.5 Å². The molecule has 0 fully saturated rings. The third kappa shape index (κ3) is 1.82. The fraction of sp³-hybridized carbons (Fsp3) is 0.182. The van der Waals surface area contributed by atoms with Crippen molar-refractivity contribution in [2.75, 3.05) is 7.11 Å². The number of nitrogens with zero attached hydrogens (tertiary/aromatic N) is 1. The number of pyridine rings is 1. The largest absolute Gasteiger partial charge is 0.494 e. The van der Waals surface area contributed by atoms with Gasteiger partial charge in [-0.3, -0.25) is 0 Å². The Morgan fingerprint density at radius 3 is 2.80 bits per heavy atom. The highest BCUT2D eigenvalue weighted by Gasteiger charge is 2.09. The molecule has 0 radical (unpaired) electrons. The number of rotatable bonds is 1. The summed E-state index contributed by atoms with van der Waals surface area (Å²) in [5.74, 6) is 0.735. The van der Waals surface area contributed by atoms with Crippen LogP contribution in [0.2, 0.25) is 5.15 Å². The van der Waals surface area contributed by atoms with Crippen LogP contribution in [0, 0.1) is 6.92 Å². The number of methoxy groups -OCH3 is 1. The quantitative estimate of drug-likeness (QED) is 0.740. The molecule has 0 aliphatic rings. The smallest absolute Gasteiger partial charge is 0.145 e. The summed E-state index contributed by atoms with van der Waals surface area (Å²) in [7, 11) is 1.63. The van der Waals surface area contributed by atoms with Gasteiger partial charge >= 0.3 is 0 Å². The fourth-order valence-corrected chi connectivity index (χ4v) is 2.47. The van der Waals surface area contributed by atoms with Crippen LogP contribution in [0.15, 0.2) is 22.7 Å². The number of hydrogen-bond donors (Lipinski definition) is 0. The summed E-state index contributed by atoms with van der Waals surface area (Å²) >= 11 is 9.42. The fourth-order valence-electron chi connectivity index (χ4n) is 1.59. The van der Waals surface area contributed by atoms with E-state index in [0.29, 0.717) is 5.15 Å². The predicted octanol–water partition coefficient (Wildman–Crippen LogP) is 3.97. The van der Waals surface area contributed by atoms with E-state index in [1.54, 1.807) is 7.11 Å². The van der Waals surface area contributed by atoms with Gasteiger partial charge in [0.25, 0.3) is 0 Å². The normalized spacial score (nSPS) is 10.7. The van der Waals surface area contributed by atoms with Crippen LogP contribution in [0.25, 0.3) is 10.9 Å². The summed E-state index contributed by atoms with van der Waals surface area (Å²) in [6.45, 7) is 2.00. The van der Waals surface area contributed by atoms with Gasteiger partial charge in [0, 0.05) is 9.86 Å². The van der Waals surface area contributed by atoms with Crippen molar-refractivity contribution in [3.8, 4) is 5.75 Å². The van der Waals surface area contributed by atoms with Gasteiger partial charge < -0.3 is 4.74 Å². The standard InChI is InChI=1S/C11H9BrClNO/c1-6-5-9(13)14-11-8(15-2)4-3-7(12)10(6)11/h3-5H,1-2H3. The van der Waals surface area contributed by atoms with Crippen LogP contribution in [0.1, 0.15) is 5.56 Å². The molecule has 0 atom stereocenters. The molecule has 15 heavy (non-hydrogen) atoms. The average Bonchev–Trinajstić information content (AvgIpc) is 2.17. The first-order valence-corrected chi connectivity index (χ1v) is 5.60. The highest BCUT2D eigenvalue weighted by molar-refractivity contribution is 9.10. The van der Waals surface area contributed by atoms with Gasteiger partial charge in [0.15, 0.2) is 0 Å². The van der Waals surface area contributed by atoms with Crippen LogP contribution in [0.3, 0.4) is 0 Å². The van der Waals surface area contributed by atoms with Crippen molar-refractivity contribution in [3.63, 3.8) is 0 Å². The highest BCUT2D eigenvalue weighted by Crippen LogP contribution is 2.33. The lowest BCUT2D eigenvalue weighted by Crippen LogP contribution is -1.91. The number of halogens is 2. The Labute approximate surface area is 101 Å². The zero-order valence-electron chi connectivity index (χ0n) is 8.34. The zero-order valence-corrected chi connectivity index (χ0v) is 10.7. The first kappa shape index (κ1) is 10.7. The molecule has 78 valence electrons. The molecule has 0 bridgehead atoms. The Kier molecular flexibility index (Phi) is 2.85. The molecule has 0 unspecified atom stereocenters. The van der Waals surface area contributed by atoms with E-state index in [-0.39, 0.29) is 0 Å². The number of benzene rings is 1. The lowest BCUT2D eigenvalue weighted by molar-refractivity contribution is 0.419. The molecular weight excluding hydrogens is 277 g/mol. The lowest BCUT2D eigenvalue weighted by atomic mass is 10.1. The van der Waals surface area contributed by atoms with E-state index < -0.39 is 0 Å². The van der Waals surface area contributed by atoms with Gasteiger partial charge in [-0.05, 0) is 30.7 Å². The molecule has 2 aromatic rings. The van der Waals surface area contributed by atoms with Crippen molar-refractivity contribution in [2.24, 2.45) is 0 Å². The maximum Gasteiger partial charge on any atom is 0.145 e. The minimum atomic E-state index is 0.483. The molecule has 0 saturated carbocycles. The molecule has 0 N–H and O–H groups in total. The summed E-state index contributed by atoms with van der Waals surface area (Å²) in [6.07, 6.45) is 0. The highest BCUT2D eigenvalue weighted by atomic mass is 79.9. The Bertz CT molecular complexity index is 527. The van der Waals surface area contributed by atoms with Gasteiger partial charge in [0.05, 0.1) is 7.11 Å². The Hall–Kier alpha value is -0.800. The first-order chi connectivity index (χ1) is 7.13. The number of fused-ring (bicyclic) bond motifs is 1. The second-order valence-electron chi connectivity index (χ2n) is 3.24. The Morgan fingerprint density at radius 1 is 1.40 bits per heavy atom. The monoisotopic (exact) mass is 285 g/mol. The minimum absolute atomic E-state index is 0.483. The molecule has 1 aromatic heterocycles. The summed E-state index contributed by atoms with van der Waals surface area (Å²) < 4.78 is 6.25. The van der Waals surface area contributed by atoms with Crippen LogP contribution in [0.4, 0.5) is 0 Å². The molecule has 4 heteroatoms. The van der Waals surface area contributed by atoms with Crippen LogP contribution in [0.5, 0.6) is 5.75 Å². The lowest BCUT2D eigenvalue weighted by Gasteiger charge is -2.08. The van der Waals surface area contributed by atoms with E-state index in [1.165, 1.54) is 0 Å². The third-order valence-electron chi connectivity index (χ3n) is 2.26. The number of aryl methyl sites for hydroxylation is 1. The van der Waals surface area contributed by atoms with E-state index in [4.69, 9.17) is 16.3 Å². The summed E-state index contributed by atoms with van der Waals surface area (Å²) in [6, 6.07) is 5.66. The minimum Gasteiger partial charge on any atom is -0.494 e. The van der Waals surface area contributed by atoms with E-state index in [9.17, 15) is 0 Å². The van der Waals surface area contributed by atoms with Crippen molar-refractivity contribution in [2.45, 2.75) is 6.92 Å². The molecule has 0 amide bonds. The molecule has 0 aliphatic heterocycles. The summed E-state index contributed by atoms with van der Waals surface area (Å²) in [4.78, 5) is 4.28. The molecule has 2 nitrogen and oxygen atoms in total. The van der Waals surface area contributed by atoms with Crippen molar-refractivity contribution in [1.82, 2.24) is 4.98 Å². The van der Waals surface area contributed by atoms with Gasteiger partial charge in [-0.25, -0.2) is 4.98 Å². The van der Waals surface area contributed by atoms with Crippen LogP contribution < -0.4 is 4.74 Å². The zero-order chi connectivity index (χ0) is 11.0. The van der Waals surface area contributed by atoms with Crippen LogP contribution in [-0.2, 0) is 0 Å². The third-order valence-corrected chi connectivity index (χ3v) is 3.11. The summed E-state index contributed by atoms with van der Waals surface area (Å²) in [5.41, 5.74) is 1.87. The van der Waals surface area contributed by atoms with E-state index >= 15 is 0 Å². The molecule has 0 spiro atoms. The number of hydrogen-bond acceptors (Lipinski definition) is 2. The van der Waals surface area contributed by atoms with E-state index in [0.717, 1.165) is 26.7 Å². The predicted molar refractivity (Wildman–Crippen MR) is 65.7 cm³/mol. The SMILES string of the molecule is COc1ccc(Br)c2c(C)cc(Cl)nc12. The molecule has 1 heterocycles. The Morgan fingerprint density at radius 2 is 2.13 bits per heavy atom. The molecule has 1 aromatic carbocycles.